The molecule has 0 bridgehead atoms. The molecule has 1 aliphatic rings. The summed E-state index contributed by atoms with van der Waals surface area (Å²) in [5.74, 6) is 0. The van der Waals surface area contributed by atoms with Gasteiger partial charge in [-0.3, -0.25) is 0 Å². The largest absolute Gasteiger partial charge is 0.451 e. The van der Waals surface area contributed by atoms with Crippen LogP contribution in [0.2, 0.25) is 6.32 Å². The summed E-state index contributed by atoms with van der Waals surface area (Å²) < 4.78 is 0. The normalized spacial score (nSPS) is 18.5. The number of nitrogens with one attached hydrogen (secondary N) is 1. The Hall–Kier alpha value is -0.715. The number of unbranched alkanes of at least 4 members (excludes halogenated alkanes) is 1. The van der Waals surface area contributed by atoms with Crippen molar-refractivity contribution in [3.05, 3.63) is 0 Å². The van der Waals surface area contributed by atoms with Crippen LogP contribution >= 0.6 is 0 Å². The molecule has 23 heavy (non-hydrogen) atoms. The van der Waals surface area contributed by atoms with E-state index in [1.54, 1.807) is 0 Å². The van der Waals surface area contributed by atoms with Gasteiger partial charge in [-0.1, -0.05) is 26.7 Å². The molecule has 0 spiro atoms. The molecule has 0 amide bonds. The van der Waals surface area contributed by atoms with Gasteiger partial charge in [0.25, 0.3) is 0 Å². The summed E-state index contributed by atoms with van der Waals surface area (Å²) in [5.41, 5.74) is 0.532. The highest BCUT2D eigenvalue weighted by Gasteiger charge is 2.25. The van der Waals surface area contributed by atoms with Gasteiger partial charge >= 0.3 is 13.3 Å². The number of carbonyl (C=O) groups excluding carboxylic acids is 2. The van der Waals surface area contributed by atoms with Crippen molar-refractivity contribution in [1.82, 2.24) is 10.2 Å². The molecule has 0 aromatic rings. The monoisotopic (exact) mass is 328 g/mol. The van der Waals surface area contributed by atoms with Gasteiger partial charge in [0.05, 0.1) is 0 Å². The molecular formula is C16H33BN2O4. The average molecular weight is 328 g/mol. The fraction of sp³-hybridized carbons (Fsp3) is 0.938. The molecule has 1 saturated heterocycles. The lowest BCUT2D eigenvalue weighted by Gasteiger charge is -2.37. The lowest BCUT2D eigenvalue weighted by Crippen LogP contribution is -2.40. The first-order chi connectivity index (χ1) is 10.8. The first-order valence-corrected chi connectivity index (χ1v) is 8.59. The van der Waals surface area contributed by atoms with Crippen LogP contribution in [-0.4, -0.2) is 60.9 Å². The number of hydrogen-bond acceptors (Lipinski definition) is 6. The zero-order valence-electron chi connectivity index (χ0n) is 14.9. The van der Waals surface area contributed by atoms with Gasteiger partial charge in [-0.15, -0.1) is 0 Å². The Kier molecular flexibility index (Phi) is 12.3. The molecule has 0 aromatic heterocycles. The molecule has 1 fully saturated rings. The predicted molar refractivity (Wildman–Crippen MR) is 90.8 cm³/mol. The summed E-state index contributed by atoms with van der Waals surface area (Å²) in [7, 11) is 0.893. The number of piperidine rings is 1. The van der Waals surface area contributed by atoms with Crippen LogP contribution in [0.4, 0.5) is 0 Å². The van der Waals surface area contributed by atoms with E-state index in [1.165, 1.54) is 38.9 Å². The van der Waals surface area contributed by atoms with Crippen molar-refractivity contribution in [2.24, 2.45) is 5.41 Å². The topological polar surface area (TPSA) is 89.9 Å². The Morgan fingerprint density at radius 3 is 2.22 bits per heavy atom. The van der Waals surface area contributed by atoms with Crippen molar-refractivity contribution in [1.29, 1.82) is 0 Å². The second-order valence-corrected chi connectivity index (χ2v) is 7.13. The Labute approximate surface area is 140 Å². The van der Waals surface area contributed by atoms with Crippen LogP contribution in [-0.2, 0) is 9.59 Å². The average Bonchev–Trinajstić information content (AvgIpc) is 2.48. The van der Waals surface area contributed by atoms with Gasteiger partial charge in [-0.05, 0) is 64.1 Å². The number of nitrogens with zero attached hydrogens (tertiary/aromatic N) is 1. The molecular weight excluding hydrogens is 295 g/mol. The quantitative estimate of drug-likeness (QED) is 0.434. The smallest absolute Gasteiger partial charge is 0.427 e. The van der Waals surface area contributed by atoms with Gasteiger partial charge in [0.15, 0.2) is 0 Å². The van der Waals surface area contributed by atoms with E-state index in [0.29, 0.717) is 17.8 Å². The highest BCUT2D eigenvalue weighted by Crippen LogP contribution is 2.29. The molecule has 0 radical (unpaired) electrons. The third-order valence-electron chi connectivity index (χ3n) is 4.68. The van der Waals surface area contributed by atoms with Crippen molar-refractivity contribution in [2.75, 3.05) is 26.7 Å². The summed E-state index contributed by atoms with van der Waals surface area (Å²) in [6.45, 7) is 8.40. The maximum absolute atomic E-state index is 8.82. The molecule has 1 heterocycles. The lowest BCUT2D eigenvalue weighted by atomic mass is 9.82. The number of rotatable bonds is 9. The molecule has 0 aromatic carbocycles. The SMILES string of the molecule is CNC(CCCCB(O)O)CCN1CCC(C)(C)CC1.O=C=O. The van der Waals surface area contributed by atoms with Gasteiger partial charge < -0.3 is 20.3 Å². The minimum atomic E-state index is -1.14. The van der Waals surface area contributed by atoms with Gasteiger partial charge in [0.2, 0.25) is 0 Å². The van der Waals surface area contributed by atoms with Crippen molar-refractivity contribution >= 4 is 13.3 Å². The Balaban J connectivity index is 0.00000149. The van der Waals surface area contributed by atoms with Crippen molar-refractivity contribution in [3.8, 4) is 0 Å². The molecule has 1 atom stereocenters. The fourth-order valence-electron chi connectivity index (χ4n) is 2.87. The van der Waals surface area contributed by atoms with Crippen molar-refractivity contribution in [2.45, 2.75) is 64.7 Å². The third-order valence-corrected chi connectivity index (χ3v) is 4.68. The standard InChI is InChI=1S/C15H33BN2O2.CO2/c1-15(2)8-12-18(13-9-15)11-7-14(17-3)6-4-5-10-16(19)20;2-1-3/h14,17,19-20H,4-13H2,1-3H3;. The fourth-order valence-corrected chi connectivity index (χ4v) is 2.87. The van der Waals surface area contributed by atoms with E-state index >= 15 is 0 Å². The third kappa shape index (κ3) is 12.4. The van der Waals surface area contributed by atoms with E-state index in [2.05, 4.69) is 24.1 Å². The summed E-state index contributed by atoms with van der Waals surface area (Å²) in [6, 6.07) is 0.556. The maximum atomic E-state index is 8.82. The van der Waals surface area contributed by atoms with Crippen LogP contribution in [0, 0.1) is 5.41 Å². The van der Waals surface area contributed by atoms with Crippen LogP contribution in [0.3, 0.4) is 0 Å². The van der Waals surface area contributed by atoms with Crippen molar-refractivity contribution in [3.63, 3.8) is 0 Å². The molecule has 1 rings (SSSR count). The van der Waals surface area contributed by atoms with E-state index in [0.717, 1.165) is 19.3 Å². The molecule has 7 heteroatoms. The summed E-state index contributed by atoms with van der Waals surface area (Å²) in [5, 5.41) is 21.0. The van der Waals surface area contributed by atoms with E-state index in [1.807, 2.05) is 7.05 Å². The molecule has 0 saturated carbocycles. The Bertz CT molecular complexity index is 324. The Morgan fingerprint density at radius 1 is 1.17 bits per heavy atom. The maximum Gasteiger partial charge on any atom is 0.451 e. The van der Waals surface area contributed by atoms with Crippen LogP contribution in [0.25, 0.3) is 0 Å². The van der Waals surface area contributed by atoms with Crippen molar-refractivity contribution < 1.29 is 19.6 Å². The van der Waals surface area contributed by atoms with E-state index in [9.17, 15) is 0 Å². The summed E-state index contributed by atoms with van der Waals surface area (Å²) >= 11 is 0. The van der Waals surface area contributed by atoms with E-state index in [4.69, 9.17) is 19.6 Å². The highest BCUT2D eigenvalue weighted by molar-refractivity contribution is 6.40. The zero-order chi connectivity index (χ0) is 17.7. The summed E-state index contributed by atoms with van der Waals surface area (Å²) in [6.07, 6.45) is 7.65. The zero-order valence-corrected chi connectivity index (χ0v) is 14.9. The van der Waals surface area contributed by atoms with Crippen LogP contribution in [0.5, 0.6) is 0 Å². The van der Waals surface area contributed by atoms with Gasteiger partial charge in [0, 0.05) is 6.04 Å². The first kappa shape index (κ1) is 22.3. The number of likely N-dealkylation sites (tertiary alicyclic amines) is 1. The predicted octanol–water partition coefficient (Wildman–Crippen LogP) is 1.15. The van der Waals surface area contributed by atoms with Gasteiger partial charge in [0.1, 0.15) is 0 Å². The second-order valence-electron chi connectivity index (χ2n) is 7.13. The molecule has 1 aliphatic heterocycles. The molecule has 3 N–H and O–H groups in total. The molecule has 134 valence electrons. The van der Waals surface area contributed by atoms with Gasteiger partial charge in [-0.2, -0.15) is 9.59 Å². The Morgan fingerprint density at radius 2 is 1.74 bits per heavy atom. The molecule has 0 aliphatic carbocycles. The van der Waals surface area contributed by atoms with Crippen LogP contribution in [0.1, 0.15) is 52.4 Å². The number of hydrogen-bond donors (Lipinski definition) is 3. The van der Waals surface area contributed by atoms with E-state index in [-0.39, 0.29) is 6.15 Å². The lowest BCUT2D eigenvalue weighted by molar-refractivity contribution is -0.191. The highest BCUT2D eigenvalue weighted by atomic mass is 16.4. The van der Waals surface area contributed by atoms with Crippen LogP contribution < -0.4 is 5.32 Å². The van der Waals surface area contributed by atoms with Gasteiger partial charge in [-0.25, -0.2) is 0 Å². The first-order valence-electron chi connectivity index (χ1n) is 8.59. The minimum absolute atomic E-state index is 0.250. The second kappa shape index (κ2) is 12.7. The molecule has 6 nitrogen and oxygen atoms in total. The molecule has 1 unspecified atom stereocenters. The van der Waals surface area contributed by atoms with Crippen LogP contribution in [0.15, 0.2) is 0 Å². The summed E-state index contributed by atoms with van der Waals surface area (Å²) in [4.78, 5) is 18.8. The minimum Gasteiger partial charge on any atom is -0.427 e. The van der Waals surface area contributed by atoms with E-state index < -0.39 is 7.12 Å².